The summed E-state index contributed by atoms with van der Waals surface area (Å²) in [5, 5.41) is 12.1. The third-order valence-electron chi connectivity index (χ3n) is 3.14. The summed E-state index contributed by atoms with van der Waals surface area (Å²) in [7, 11) is 0. The Labute approximate surface area is 107 Å². The van der Waals surface area contributed by atoms with E-state index >= 15 is 0 Å². The van der Waals surface area contributed by atoms with E-state index in [9.17, 15) is 4.79 Å². The highest BCUT2D eigenvalue weighted by Gasteiger charge is 2.10. The Bertz CT molecular complexity index is 403. The predicted octanol–water partition coefficient (Wildman–Crippen LogP) is 0.965. The van der Waals surface area contributed by atoms with E-state index in [-0.39, 0.29) is 5.69 Å². The lowest BCUT2D eigenvalue weighted by atomic mass is 10.3. The Hall–Kier alpha value is -1.46. The number of aromatic carboxylic acids is 1. The van der Waals surface area contributed by atoms with Gasteiger partial charge in [0.1, 0.15) is 5.69 Å². The molecule has 2 rings (SSSR count). The largest absolute Gasteiger partial charge is 0.477 e. The summed E-state index contributed by atoms with van der Waals surface area (Å²) in [5.41, 5.74) is 0.880. The number of pyridine rings is 1. The van der Waals surface area contributed by atoms with E-state index in [1.54, 1.807) is 6.07 Å². The van der Waals surface area contributed by atoms with Gasteiger partial charge in [0.05, 0.1) is 5.69 Å². The topological polar surface area (TPSA) is 65.5 Å². The highest BCUT2D eigenvalue weighted by atomic mass is 16.4. The molecule has 5 heteroatoms. The fourth-order valence-electron chi connectivity index (χ4n) is 2.16. The van der Waals surface area contributed by atoms with Crippen LogP contribution in [0, 0.1) is 0 Å². The molecule has 1 aromatic heterocycles. The van der Waals surface area contributed by atoms with E-state index in [0.717, 1.165) is 18.8 Å². The van der Waals surface area contributed by atoms with E-state index in [0.29, 0.717) is 6.54 Å². The summed E-state index contributed by atoms with van der Waals surface area (Å²) < 4.78 is 0. The van der Waals surface area contributed by atoms with Crippen molar-refractivity contribution in [2.45, 2.75) is 19.4 Å². The number of hydrogen-bond acceptors (Lipinski definition) is 4. The SMILES string of the molecule is O=C(O)c1cccc(CNCCN2CCCC2)n1. The monoisotopic (exact) mass is 249 g/mol. The van der Waals surface area contributed by atoms with E-state index in [4.69, 9.17) is 5.11 Å². The second kappa shape index (κ2) is 6.47. The van der Waals surface area contributed by atoms with Gasteiger partial charge in [0, 0.05) is 19.6 Å². The van der Waals surface area contributed by atoms with Crippen molar-refractivity contribution in [3.05, 3.63) is 29.6 Å². The molecule has 1 aromatic rings. The maximum atomic E-state index is 10.8. The summed E-state index contributed by atoms with van der Waals surface area (Å²) >= 11 is 0. The molecule has 2 heterocycles. The molecule has 1 aliphatic rings. The van der Waals surface area contributed by atoms with Crippen LogP contribution < -0.4 is 5.32 Å². The molecule has 0 aromatic carbocycles. The number of carboxylic acids is 1. The molecule has 18 heavy (non-hydrogen) atoms. The molecule has 0 atom stereocenters. The summed E-state index contributed by atoms with van der Waals surface area (Å²) in [6.45, 7) is 5.00. The van der Waals surface area contributed by atoms with Crippen molar-refractivity contribution >= 4 is 5.97 Å². The van der Waals surface area contributed by atoms with Gasteiger partial charge in [0.25, 0.3) is 0 Å². The lowest BCUT2D eigenvalue weighted by Crippen LogP contribution is -2.29. The number of rotatable bonds is 6. The van der Waals surface area contributed by atoms with E-state index in [2.05, 4.69) is 15.2 Å². The molecular formula is C13H19N3O2. The van der Waals surface area contributed by atoms with Crippen molar-refractivity contribution in [1.82, 2.24) is 15.2 Å². The zero-order chi connectivity index (χ0) is 12.8. The number of carboxylic acid groups (broad SMARTS) is 1. The Morgan fingerprint density at radius 3 is 2.89 bits per heavy atom. The Morgan fingerprint density at radius 1 is 1.39 bits per heavy atom. The predicted molar refractivity (Wildman–Crippen MR) is 68.6 cm³/mol. The van der Waals surface area contributed by atoms with Gasteiger partial charge in [-0.15, -0.1) is 0 Å². The van der Waals surface area contributed by atoms with Gasteiger partial charge in [0.15, 0.2) is 0 Å². The number of nitrogens with zero attached hydrogens (tertiary/aromatic N) is 2. The third kappa shape index (κ3) is 3.78. The first kappa shape index (κ1) is 13.0. The summed E-state index contributed by atoms with van der Waals surface area (Å²) in [4.78, 5) is 17.3. The number of likely N-dealkylation sites (tertiary alicyclic amines) is 1. The van der Waals surface area contributed by atoms with Crippen molar-refractivity contribution in [3.8, 4) is 0 Å². The quantitative estimate of drug-likeness (QED) is 0.735. The Balaban J connectivity index is 1.72. The molecule has 98 valence electrons. The number of nitrogens with one attached hydrogen (secondary N) is 1. The standard InChI is InChI=1S/C13H19N3O2/c17-13(18)12-5-3-4-11(15-12)10-14-6-9-16-7-1-2-8-16/h3-5,14H,1-2,6-10H2,(H,17,18). The zero-order valence-corrected chi connectivity index (χ0v) is 10.4. The van der Waals surface area contributed by atoms with Gasteiger partial charge in [-0.25, -0.2) is 9.78 Å². The first-order chi connectivity index (χ1) is 8.75. The minimum atomic E-state index is -0.978. The maximum absolute atomic E-state index is 10.8. The van der Waals surface area contributed by atoms with Crippen molar-refractivity contribution in [2.75, 3.05) is 26.2 Å². The fourth-order valence-corrected chi connectivity index (χ4v) is 2.16. The van der Waals surface area contributed by atoms with Crippen molar-refractivity contribution < 1.29 is 9.90 Å². The maximum Gasteiger partial charge on any atom is 0.354 e. The molecule has 1 aliphatic heterocycles. The molecular weight excluding hydrogens is 230 g/mol. The lowest BCUT2D eigenvalue weighted by molar-refractivity contribution is 0.0690. The lowest BCUT2D eigenvalue weighted by Gasteiger charge is -2.14. The van der Waals surface area contributed by atoms with Crippen LogP contribution in [0.1, 0.15) is 29.0 Å². The molecule has 1 fully saturated rings. The number of aromatic nitrogens is 1. The molecule has 0 aliphatic carbocycles. The Morgan fingerprint density at radius 2 is 2.17 bits per heavy atom. The molecule has 0 unspecified atom stereocenters. The van der Waals surface area contributed by atoms with Crippen molar-refractivity contribution in [2.24, 2.45) is 0 Å². The molecule has 0 amide bonds. The van der Waals surface area contributed by atoms with Crippen LogP contribution in [0.4, 0.5) is 0 Å². The fraction of sp³-hybridized carbons (Fsp3) is 0.538. The third-order valence-corrected chi connectivity index (χ3v) is 3.14. The average molecular weight is 249 g/mol. The van der Waals surface area contributed by atoms with Crippen LogP contribution in [-0.2, 0) is 6.54 Å². The van der Waals surface area contributed by atoms with Crippen molar-refractivity contribution in [1.29, 1.82) is 0 Å². The highest BCUT2D eigenvalue weighted by molar-refractivity contribution is 5.85. The van der Waals surface area contributed by atoms with Crippen LogP contribution in [0.5, 0.6) is 0 Å². The van der Waals surface area contributed by atoms with Gasteiger partial charge in [-0.3, -0.25) is 0 Å². The molecule has 5 nitrogen and oxygen atoms in total. The van der Waals surface area contributed by atoms with E-state index < -0.39 is 5.97 Å². The average Bonchev–Trinajstić information content (AvgIpc) is 2.88. The molecule has 1 saturated heterocycles. The second-order valence-electron chi connectivity index (χ2n) is 4.54. The molecule has 0 spiro atoms. The summed E-state index contributed by atoms with van der Waals surface area (Å²) in [6.07, 6.45) is 2.62. The summed E-state index contributed by atoms with van der Waals surface area (Å²) in [6, 6.07) is 5.08. The zero-order valence-electron chi connectivity index (χ0n) is 10.4. The van der Waals surface area contributed by atoms with Crippen LogP contribution in [-0.4, -0.2) is 47.1 Å². The molecule has 2 N–H and O–H groups in total. The van der Waals surface area contributed by atoms with Gasteiger partial charge in [-0.2, -0.15) is 0 Å². The highest BCUT2D eigenvalue weighted by Crippen LogP contribution is 2.05. The normalized spacial score (nSPS) is 16.0. The van der Waals surface area contributed by atoms with E-state index in [1.165, 1.54) is 32.0 Å². The molecule has 0 radical (unpaired) electrons. The van der Waals surface area contributed by atoms with Crippen LogP contribution in [0.3, 0.4) is 0 Å². The second-order valence-corrected chi connectivity index (χ2v) is 4.54. The van der Waals surface area contributed by atoms with Crippen LogP contribution in [0.2, 0.25) is 0 Å². The van der Waals surface area contributed by atoms with Crippen LogP contribution in [0.25, 0.3) is 0 Å². The Kier molecular flexibility index (Phi) is 4.66. The number of carbonyl (C=O) groups is 1. The first-order valence-corrected chi connectivity index (χ1v) is 6.38. The molecule has 0 bridgehead atoms. The number of hydrogen-bond donors (Lipinski definition) is 2. The van der Waals surface area contributed by atoms with E-state index in [1.807, 2.05) is 6.07 Å². The smallest absolute Gasteiger partial charge is 0.354 e. The van der Waals surface area contributed by atoms with Crippen LogP contribution >= 0.6 is 0 Å². The van der Waals surface area contributed by atoms with Crippen LogP contribution in [0.15, 0.2) is 18.2 Å². The minimum Gasteiger partial charge on any atom is -0.477 e. The van der Waals surface area contributed by atoms with Gasteiger partial charge in [-0.1, -0.05) is 6.07 Å². The van der Waals surface area contributed by atoms with Gasteiger partial charge >= 0.3 is 5.97 Å². The minimum absolute atomic E-state index is 0.105. The van der Waals surface area contributed by atoms with Gasteiger partial charge in [-0.05, 0) is 38.1 Å². The first-order valence-electron chi connectivity index (χ1n) is 6.38. The van der Waals surface area contributed by atoms with Gasteiger partial charge < -0.3 is 15.3 Å². The van der Waals surface area contributed by atoms with Gasteiger partial charge in [0.2, 0.25) is 0 Å². The van der Waals surface area contributed by atoms with Crippen molar-refractivity contribution in [3.63, 3.8) is 0 Å². The molecule has 0 saturated carbocycles. The summed E-state index contributed by atoms with van der Waals surface area (Å²) in [5.74, 6) is -0.978.